The maximum Gasteiger partial charge on any atom is 0.342 e. The molecule has 6 heteroatoms. The van der Waals surface area contributed by atoms with Crippen LogP contribution >= 0.6 is 0 Å². The molecule has 1 aliphatic rings. The molecule has 0 spiro atoms. The molecule has 0 bridgehead atoms. The van der Waals surface area contributed by atoms with Crippen molar-refractivity contribution in [2.45, 2.75) is 25.8 Å². The van der Waals surface area contributed by atoms with Crippen LogP contribution in [0, 0.1) is 10.8 Å². The summed E-state index contributed by atoms with van der Waals surface area (Å²) in [5.74, 6) is -1.62. The molecule has 1 atom stereocenters. The minimum absolute atomic E-state index is 0.131. The fourth-order valence-corrected chi connectivity index (χ4v) is 1.64. The van der Waals surface area contributed by atoms with E-state index < -0.39 is 17.8 Å². The van der Waals surface area contributed by atoms with Gasteiger partial charge in [-0.2, -0.15) is 0 Å². The number of esters is 1. The fraction of sp³-hybridized carbons (Fsp3) is 0.800. The van der Waals surface area contributed by atoms with Crippen molar-refractivity contribution in [3.8, 4) is 0 Å². The summed E-state index contributed by atoms with van der Waals surface area (Å²) in [5.41, 5.74) is 0. The average Bonchev–Trinajstić information content (AvgIpc) is 2.31. The van der Waals surface area contributed by atoms with Crippen LogP contribution in [-0.2, 0) is 19.1 Å². The molecule has 0 radical (unpaired) electrons. The van der Waals surface area contributed by atoms with E-state index >= 15 is 0 Å². The van der Waals surface area contributed by atoms with Crippen molar-refractivity contribution in [3.63, 3.8) is 0 Å². The minimum Gasteiger partial charge on any atom is -0.464 e. The standard InChI is InChI=1S/C10H15NO5/c1-2-16-10(13)8(11-14)9(12)7-3-5-15-6-4-7/h7-8H,2-6H2,1H3. The van der Waals surface area contributed by atoms with Crippen LogP contribution in [0.25, 0.3) is 0 Å². The Kier molecular flexibility index (Phi) is 5.04. The first-order chi connectivity index (χ1) is 7.70. The third-order valence-corrected chi connectivity index (χ3v) is 2.51. The number of carbonyl (C=O) groups excluding carboxylic acids is 2. The third kappa shape index (κ3) is 3.10. The summed E-state index contributed by atoms with van der Waals surface area (Å²) in [6, 6.07) is -1.51. The lowest BCUT2D eigenvalue weighted by molar-refractivity contribution is -0.149. The number of carbonyl (C=O) groups is 2. The summed E-state index contributed by atoms with van der Waals surface area (Å²) in [6.07, 6.45) is 1.06. The molecule has 0 amide bonds. The number of nitrogens with zero attached hydrogens (tertiary/aromatic N) is 1. The van der Waals surface area contributed by atoms with Crippen LogP contribution in [0.2, 0.25) is 0 Å². The SMILES string of the molecule is CCOC(=O)C(N=O)C(=O)C1CCOCC1. The molecule has 0 aromatic rings. The molecule has 0 aliphatic carbocycles. The summed E-state index contributed by atoms with van der Waals surface area (Å²) in [7, 11) is 0. The first kappa shape index (κ1) is 12.8. The number of Topliss-reactive ketones (excluding diaryl/α,β-unsaturated/α-hetero) is 1. The zero-order valence-electron chi connectivity index (χ0n) is 9.18. The van der Waals surface area contributed by atoms with Gasteiger partial charge in [0.15, 0.2) is 5.78 Å². The largest absolute Gasteiger partial charge is 0.464 e. The van der Waals surface area contributed by atoms with Crippen molar-refractivity contribution in [3.05, 3.63) is 4.91 Å². The van der Waals surface area contributed by atoms with Gasteiger partial charge < -0.3 is 9.47 Å². The van der Waals surface area contributed by atoms with Crippen LogP contribution in [0.5, 0.6) is 0 Å². The molecular weight excluding hydrogens is 214 g/mol. The van der Waals surface area contributed by atoms with Gasteiger partial charge in [-0.1, -0.05) is 0 Å². The van der Waals surface area contributed by atoms with E-state index in [0.717, 1.165) is 0 Å². The van der Waals surface area contributed by atoms with E-state index in [1.807, 2.05) is 0 Å². The van der Waals surface area contributed by atoms with E-state index in [9.17, 15) is 14.5 Å². The predicted octanol–water partition coefficient (Wildman–Crippen LogP) is 0.680. The van der Waals surface area contributed by atoms with Gasteiger partial charge in [0.1, 0.15) is 0 Å². The summed E-state index contributed by atoms with van der Waals surface area (Å²) in [4.78, 5) is 33.6. The summed E-state index contributed by atoms with van der Waals surface area (Å²) in [5, 5.41) is 2.57. The fourth-order valence-electron chi connectivity index (χ4n) is 1.64. The predicted molar refractivity (Wildman–Crippen MR) is 54.8 cm³/mol. The Labute approximate surface area is 93.3 Å². The van der Waals surface area contributed by atoms with Crippen LogP contribution in [0.15, 0.2) is 5.18 Å². The molecule has 0 aromatic carbocycles. The summed E-state index contributed by atoms with van der Waals surface area (Å²) in [6.45, 7) is 2.69. The Morgan fingerprint density at radius 1 is 1.44 bits per heavy atom. The second-order valence-electron chi connectivity index (χ2n) is 3.55. The van der Waals surface area contributed by atoms with Crippen LogP contribution < -0.4 is 0 Å². The van der Waals surface area contributed by atoms with Gasteiger partial charge in [-0.05, 0) is 24.9 Å². The highest BCUT2D eigenvalue weighted by atomic mass is 16.5. The maximum atomic E-state index is 11.8. The molecule has 16 heavy (non-hydrogen) atoms. The zero-order chi connectivity index (χ0) is 12.0. The Hall–Kier alpha value is -1.30. The lowest BCUT2D eigenvalue weighted by Crippen LogP contribution is -2.37. The number of hydrogen-bond acceptors (Lipinski definition) is 6. The lowest BCUT2D eigenvalue weighted by Gasteiger charge is -2.21. The highest BCUT2D eigenvalue weighted by Crippen LogP contribution is 2.18. The number of nitroso groups, excluding NO2 is 1. The molecule has 1 saturated heterocycles. The number of ketones is 1. The highest BCUT2D eigenvalue weighted by molar-refractivity contribution is 6.04. The van der Waals surface area contributed by atoms with Gasteiger partial charge in [0.05, 0.1) is 6.61 Å². The van der Waals surface area contributed by atoms with Gasteiger partial charge in [-0.15, -0.1) is 4.91 Å². The van der Waals surface area contributed by atoms with Crippen LogP contribution in [-0.4, -0.2) is 37.6 Å². The van der Waals surface area contributed by atoms with Crippen molar-refractivity contribution >= 4 is 11.8 Å². The molecule has 1 heterocycles. The zero-order valence-corrected chi connectivity index (χ0v) is 9.18. The number of hydrogen-bond donors (Lipinski definition) is 0. The van der Waals surface area contributed by atoms with Crippen molar-refractivity contribution in [2.24, 2.45) is 11.1 Å². The highest BCUT2D eigenvalue weighted by Gasteiger charge is 2.35. The topological polar surface area (TPSA) is 82.0 Å². The Bertz CT molecular complexity index is 272. The van der Waals surface area contributed by atoms with E-state index in [1.165, 1.54) is 0 Å². The van der Waals surface area contributed by atoms with Gasteiger partial charge in [0, 0.05) is 19.1 Å². The smallest absolute Gasteiger partial charge is 0.342 e. The first-order valence-electron chi connectivity index (χ1n) is 5.31. The molecular formula is C10H15NO5. The quantitative estimate of drug-likeness (QED) is 0.393. The van der Waals surface area contributed by atoms with Gasteiger partial charge in [0.25, 0.3) is 0 Å². The van der Waals surface area contributed by atoms with E-state index in [1.54, 1.807) is 6.92 Å². The average molecular weight is 229 g/mol. The molecule has 1 fully saturated rings. The Morgan fingerprint density at radius 3 is 2.56 bits per heavy atom. The molecule has 1 aliphatic heterocycles. The molecule has 1 rings (SSSR count). The van der Waals surface area contributed by atoms with E-state index in [0.29, 0.717) is 26.1 Å². The molecule has 0 saturated carbocycles. The second kappa shape index (κ2) is 6.32. The second-order valence-corrected chi connectivity index (χ2v) is 3.55. The van der Waals surface area contributed by atoms with Gasteiger partial charge in [0.2, 0.25) is 6.04 Å². The molecule has 6 nitrogen and oxygen atoms in total. The lowest BCUT2D eigenvalue weighted by atomic mass is 9.91. The molecule has 90 valence electrons. The van der Waals surface area contributed by atoms with Crippen molar-refractivity contribution in [2.75, 3.05) is 19.8 Å². The monoisotopic (exact) mass is 229 g/mol. The maximum absolute atomic E-state index is 11.8. The van der Waals surface area contributed by atoms with Crippen molar-refractivity contribution in [1.82, 2.24) is 0 Å². The first-order valence-corrected chi connectivity index (χ1v) is 5.31. The van der Waals surface area contributed by atoms with Gasteiger partial charge in [-0.3, -0.25) is 4.79 Å². The summed E-state index contributed by atoms with van der Waals surface area (Å²) >= 11 is 0. The Morgan fingerprint density at radius 2 is 2.06 bits per heavy atom. The van der Waals surface area contributed by atoms with Crippen molar-refractivity contribution < 1.29 is 19.1 Å². The van der Waals surface area contributed by atoms with Gasteiger partial charge >= 0.3 is 5.97 Å². The molecule has 0 aromatic heterocycles. The van der Waals surface area contributed by atoms with Crippen LogP contribution in [0.3, 0.4) is 0 Å². The van der Waals surface area contributed by atoms with E-state index in [2.05, 4.69) is 9.91 Å². The van der Waals surface area contributed by atoms with Crippen molar-refractivity contribution in [1.29, 1.82) is 0 Å². The Balaban J connectivity index is 2.60. The van der Waals surface area contributed by atoms with Gasteiger partial charge in [-0.25, -0.2) is 4.79 Å². The third-order valence-electron chi connectivity index (χ3n) is 2.51. The molecule has 1 unspecified atom stereocenters. The molecule has 0 N–H and O–H groups in total. The van der Waals surface area contributed by atoms with Crippen LogP contribution in [0.1, 0.15) is 19.8 Å². The minimum atomic E-state index is -1.51. The normalized spacial score (nSPS) is 18.8. The summed E-state index contributed by atoms with van der Waals surface area (Å²) < 4.78 is 9.72. The van der Waals surface area contributed by atoms with Crippen LogP contribution in [0.4, 0.5) is 0 Å². The number of rotatable bonds is 5. The van der Waals surface area contributed by atoms with E-state index in [4.69, 9.17) is 4.74 Å². The number of ether oxygens (including phenoxy) is 2. The van der Waals surface area contributed by atoms with E-state index in [-0.39, 0.29) is 12.5 Å².